The lowest BCUT2D eigenvalue weighted by molar-refractivity contribution is -0.137. The lowest BCUT2D eigenvalue weighted by atomic mass is 10.1. The van der Waals surface area contributed by atoms with Crippen molar-refractivity contribution >= 4 is 26.9 Å². The zero-order valence-corrected chi connectivity index (χ0v) is 22.3. The number of carboxylic acid groups (broad SMARTS) is 1. The summed E-state index contributed by atoms with van der Waals surface area (Å²) < 4.78 is 25.6. The number of aromatic nitrogens is 1. The molecule has 0 radical (unpaired) electrons. The molecular weight excluding hydrogens is 450 g/mol. The van der Waals surface area contributed by atoms with Crippen LogP contribution >= 0.6 is 0 Å². The number of sulfonamides is 1. The van der Waals surface area contributed by atoms with E-state index in [0.717, 1.165) is 42.3 Å². The maximum absolute atomic E-state index is 11.6. The number of aliphatic carboxylic acids is 1. The first-order valence-electron chi connectivity index (χ1n) is 12.5. The molecule has 0 bridgehead atoms. The summed E-state index contributed by atoms with van der Waals surface area (Å²) in [6, 6.07) is 5.75. The van der Waals surface area contributed by atoms with Crippen LogP contribution in [0.4, 0.5) is 0 Å². The maximum atomic E-state index is 11.6. The van der Waals surface area contributed by atoms with Gasteiger partial charge in [0.2, 0.25) is 10.0 Å². The predicted octanol–water partition coefficient (Wildman–Crippen LogP) is 5.31. The third-order valence-corrected chi connectivity index (χ3v) is 7.16. The Morgan fingerprint density at radius 1 is 1.03 bits per heavy atom. The van der Waals surface area contributed by atoms with Crippen molar-refractivity contribution in [3.63, 3.8) is 0 Å². The van der Waals surface area contributed by atoms with Crippen molar-refractivity contribution in [2.75, 3.05) is 27.7 Å². The van der Waals surface area contributed by atoms with E-state index in [0.29, 0.717) is 6.42 Å². The molecule has 0 spiro atoms. The average Bonchev–Trinajstić information content (AvgIpc) is 3.19. The van der Waals surface area contributed by atoms with Crippen molar-refractivity contribution in [1.29, 1.82) is 0 Å². The molecule has 0 saturated carbocycles. The van der Waals surface area contributed by atoms with Crippen LogP contribution in [0.2, 0.25) is 0 Å². The van der Waals surface area contributed by atoms with Crippen molar-refractivity contribution in [2.45, 2.75) is 83.3 Å². The zero-order chi connectivity index (χ0) is 25.4. The van der Waals surface area contributed by atoms with Crippen molar-refractivity contribution in [3.8, 4) is 0 Å². The predicted molar refractivity (Wildman–Crippen MR) is 142 cm³/mol. The highest BCUT2D eigenvalue weighted by molar-refractivity contribution is 7.88. The van der Waals surface area contributed by atoms with Crippen molar-refractivity contribution in [3.05, 3.63) is 35.5 Å². The van der Waals surface area contributed by atoms with E-state index in [1.165, 1.54) is 57.6 Å². The molecule has 8 heteroatoms. The van der Waals surface area contributed by atoms with Crippen LogP contribution in [-0.4, -0.2) is 57.1 Å². The summed E-state index contributed by atoms with van der Waals surface area (Å²) >= 11 is 0. The molecule has 0 amide bonds. The summed E-state index contributed by atoms with van der Waals surface area (Å²) in [5, 5.41) is 9.52. The number of carbonyl (C=O) groups is 1. The van der Waals surface area contributed by atoms with Crippen LogP contribution in [0.1, 0.15) is 82.3 Å². The smallest absolute Gasteiger partial charge is 0.303 e. The number of hydrogen-bond acceptors (Lipinski definition) is 4. The normalized spacial score (nSPS) is 11.6. The SMILES string of the molecule is CCCCCCCCCCCC(=O)O.CNS(=O)(=O)Cc1ccc2[nH]cc(CCN(C)C)c2c1. The minimum atomic E-state index is -3.23. The van der Waals surface area contributed by atoms with Gasteiger partial charge in [0.05, 0.1) is 5.75 Å². The van der Waals surface area contributed by atoms with Gasteiger partial charge in [0.1, 0.15) is 0 Å². The Labute approximate surface area is 206 Å². The average molecular weight is 496 g/mol. The van der Waals surface area contributed by atoms with Crippen LogP contribution in [0.5, 0.6) is 0 Å². The second-order valence-corrected chi connectivity index (χ2v) is 11.1. The highest BCUT2D eigenvalue weighted by Crippen LogP contribution is 2.21. The van der Waals surface area contributed by atoms with E-state index in [4.69, 9.17) is 5.11 Å². The summed E-state index contributed by atoms with van der Waals surface area (Å²) in [6.07, 6.45) is 14.4. The maximum Gasteiger partial charge on any atom is 0.303 e. The Morgan fingerprint density at radius 2 is 1.65 bits per heavy atom. The molecule has 1 aromatic heterocycles. The third-order valence-electron chi connectivity index (χ3n) is 5.82. The van der Waals surface area contributed by atoms with E-state index in [1.54, 1.807) is 0 Å². The molecule has 0 fully saturated rings. The molecule has 7 nitrogen and oxygen atoms in total. The number of H-pyrrole nitrogens is 1. The van der Waals surface area contributed by atoms with Crippen molar-refractivity contribution < 1.29 is 18.3 Å². The van der Waals surface area contributed by atoms with Crippen LogP contribution in [0.3, 0.4) is 0 Å². The van der Waals surface area contributed by atoms with Gasteiger partial charge in [0.25, 0.3) is 0 Å². The van der Waals surface area contributed by atoms with Crippen LogP contribution in [0, 0.1) is 0 Å². The minimum absolute atomic E-state index is 0.0116. The number of benzene rings is 1. The van der Waals surface area contributed by atoms with Gasteiger partial charge in [0, 0.05) is 30.1 Å². The van der Waals surface area contributed by atoms with Gasteiger partial charge in [-0.1, -0.05) is 64.4 Å². The quantitative estimate of drug-likeness (QED) is 0.274. The summed E-state index contributed by atoms with van der Waals surface area (Å²) in [7, 11) is 2.29. The number of rotatable bonds is 16. The highest BCUT2D eigenvalue weighted by atomic mass is 32.2. The van der Waals surface area contributed by atoms with E-state index in [2.05, 4.69) is 21.5 Å². The molecule has 194 valence electrons. The first kappa shape index (κ1) is 30.1. The Bertz CT molecular complexity index is 939. The van der Waals surface area contributed by atoms with Gasteiger partial charge in [-0.05, 0) is 57.2 Å². The Kier molecular flexibility index (Phi) is 14.8. The molecule has 0 aliphatic carbocycles. The summed E-state index contributed by atoms with van der Waals surface area (Å²) in [4.78, 5) is 15.6. The second kappa shape index (κ2) is 16.7. The largest absolute Gasteiger partial charge is 0.481 e. The van der Waals surface area contributed by atoms with Crippen molar-refractivity contribution in [2.24, 2.45) is 0 Å². The van der Waals surface area contributed by atoms with E-state index in [1.807, 2.05) is 38.5 Å². The number of unbranched alkanes of at least 4 members (excludes halogenated alkanes) is 8. The number of fused-ring (bicyclic) bond motifs is 1. The minimum Gasteiger partial charge on any atom is -0.481 e. The fourth-order valence-electron chi connectivity index (χ4n) is 3.74. The Hall–Kier alpha value is -1.90. The molecular formula is C26H45N3O4S. The molecule has 0 unspecified atom stereocenters. The molecule has 0 atom stereocenters. The zero-order valence-electron chi connectivity index (χ0n) is 21.5. The van der Waals surface area contributed by atoms with E-state index >= 15 is 0 Å². The lowest BCUT2D eigenvalue weighted by Gasteiger charge is -2.08. The first-order valence-corrected chi connectivity index (χ1v) is 14.2. The fraction of sp³-hybridized carbons (Fsp3) is 0.654. The monoisotopic (exact) mass is 495 g/mol. The molecule has 2 rings (SSSR count). The molecule has 3 N–H and O–H groups in total. The number of carboxylic acids is 1. The van der Waals surface area contributed by atoms with Crippen LogP contribution in [-0.2, 0) is 27.0 Å². The molecule has 1 heterocycles. The highest BCUT2D eigenvalue weighted by Gasteiger charge is 2.11. The van der Waals surface area contributed by atoms with Crippen molar-refractivity contribution in [1.82, 2.24) is 14.6 Å². The van der Waals surface area contributed by atoms with Gasteiger partial charge < -0.3 is 15.0 Å². The number of aromatic amines is 1. The van der Waals surface area contributed by atoms with Gasteiger partial charge >= 0.3 is 5.97 Å². The van der Waals surface area contributed by atoms with Gasteiger partial charge in [0.15, 0.2) is 0 Å². The standard InChI is InChI=1S/C14H21N3O2S.C12H24O2/c1-15-20(18,19)10-11-4-5-14-13(8-11)12(9-16-14)6-7-17(2)3;1-2-3-4-5-6-7-8-9-10-11-12(13)14/h4-5,8-9,15-16H,6-7,10H2,1-3H3;2-11H2,1H3,(H,13,14). The van der Waals surface area contributed by atoms with Crippen LogP contribution < -0.4 is 4.72 Å². The van der Waals surface area contributed by atoms with E-state index < -0.39 is 16.0 Å². The van der Waals surface area contributed by atoms with Gasteiger partial charge in [-0.3, -0.25) is 4.79 Å². The molecule has 1 aromatic carbocycles. The molecule has 0 aliphatic rings. The first-order chi connectivity index (χ1) is 16.2. The third kappa shape index (κ3) is 13.1. The fourth-order valence-corrected chi connectivity index (χ4v) is 4.51. The Balaban J connectivity index is 0.000000365. The van der Waals surface area contributed by atoms with E-state index in [9.17, 15) is 13.2 Å². The Morgan fingerprint density at radius 3 is 2.21 bits per heavy atom. The van der Waals surface area contributed by atoms with Crippen LogP contribution in [0.25, 0.3) is 10.9 Å². The number of nitrogens with one attached hydrogen (secondary N) is 2. The van der Waals surface area contributed by atoms with Crippen LogP contribution in [0.15, 0.2) is 24.4 Å². The summed E-state index contributed by atoms with van der Waals surface area (Å²) in [5.74, 6) is -0.648. The second-order valence-electron chi connectivity index (χ2n) is 9.18. The molecule has 0 saturated heterocycles. The molecule has 0 aliphatic heterocycles. The topological polar surface area (TPSA) is 102 Å². The number of likely N-dealkylation sites (N-methyl/N-ethyl adjacent to an activating group) is 1. The summed E-state index contributed by atoms with van der Waals surface area (Å²) in [5.41, 5.74) is 3.07. The molecule has 2 aromatic rings. The lowest BCUT2D eigenvalue weighted by Crippen LogP contribution is -2.20. The number of hydrogen-bond donors (Lipinski definition) is 3. The summed E-state index contributed by atoms with van der Waals surface area (Å²) in [6.45, 7) is 3.19. The van der Waals surface area contributed by atoms with Gasteiger partial charge in [-0.15, -0.1) is 0 Å². The van der Waals surface area contributed by atoms with E-state index in [-0.39, 0.29) is 5.75 Å². The number of nitrogens with zero attached hydrogens (tertiary/aromatic N) is 1. The van der Waals surface area contributed by atoms with Gasteiger partial charge in [-0.25, -0.2) is 13.1 Å². The van der Waals surface area contributed by atoms with Gasteiger partial charge in [-0.2, -0.15) is 0 Å². The molecule has 34 heavy (non-hydrogen) atoms.